The van der Waals surface area contributed by atoms with Crippen molar-refractivity contribution in [1.82, 2.24) is 10.6 Å². The van der Waals surface area contributed by atoms with E-state index in [2.05, 4.69) is 24.5 Å². The van der Waals surface area contributed by atoms with E-state index in [0.29, 0.717) is 11.5 Å². The third kappa shape index (κ3) is 2.47. The summed E-state index contributed by atoms with van der Waals surface area (Å²) in [5.41, 5.74) is 0.579. The molecule has 2 aliphatic rings. The normalized spacial score (nSPS) is 40.1. The van der Waals surface area contributed by atoms with Crippen molar-refractivity contribution in [2.24, 2.45) is 11.3 Å². The van der Waals surface area contributed by atoms with Crippen LogP contribution in [0.3, 0.4) is 0 Å². The largest absolute Gasteiger partial charge is 0.392 e. The van der Waals surface area contributed by atoms with Crippen LogP contribution in [0.5, 0.6) is 0 Å². The Labute approximate surface area is 86.3 Å². The molecule has 3 atom stereocenters. The summed E-state index contributed by atoms with van der Waals surface area (Å²) in [4.78, 5) is 0. The van der Waals surface area contributed by atoms with Crippen LogP contribution in [-0.4, -0.2) is 36.9 Å². The van der Waals surface area contributed by atoms with Crippen LogP contribution in [0.15, 0.2) is 0 Å². The molecule has 3 heteroatoms. The third-order valence-corrected chi connectivity index (χ3v) is 3.70. The maximum Gasteiger partial charge on any atom is 0.0680 e. The molecule has 0 bridgehead atoms. The Kier molecular flexibility index (Phi) is 2.82. The Morgan fingerprint density at radius 3 is 2.64 bits per heavy atom. The van der Waals surface area contributed by atoms with Crippen molar-refractivity contribution < 1.29 is 5.11 Å². The van der Waals surface area contributed by atoms with Crippen LogP contribution in [0.1, 0.15) is 26.7 Å². The lowest BCUT2D eigenvalue weighted by molar-refractivity contribution is 0.193. The summed E-state index contributed by atoms with van der Waals surface area (Å²) in [6.07, 6.45) is 2.14. The number of aliphatic hydroxyl groups excluding tert-OH is 1. The minimum Gasteiger partial charge on any atom is -0.392 e. The highest BCUT2D eigenvalue weighted by atomic mass is 16.3. The quantitative estimate of drug-likeness (QED) is 0.610. The Morgan fingerprint density at radius 2 is 2.14 bits per heavy atom. The first-order valence-corrected chi connectivity index (χ1v) is 5.70. The van der Waals surface area contributed by atoms with E-state index in [1.165, 1.54) is 6.42 Å². The third-order valence-electron chi connectivity index (χ3n) is 3.70. The van der Waals surface area contributed by atoms with Gasteiger partial charge in [-0.1, -0.05) is 13.8 Å². The zero-order valence-electron chi connectivity index (χ0n) is 9.21. The smallest absolute Gasteiger partial charge is 0.0680 e. The van der Waals surface area contributed by atoms with Gasteiger partial charge in [-0.2, -0.15) is 0 Å². The van der Waals surface area contributed by atoms with Gasteiger partial charge in [-0.15, -0.1) is 0 Å². The van der Waals surface area contributed by atoms with E-state index in [9.17, 15) is 5.11 Å². The van der Waals surface area contributed by atoms with Crippen LogP contribution in [0.4, 0.5) is 0 Å². The average Bonchev–Trinajstić information content (AvgIpc) is 2.53. The molecular formula is C11H22N2O. The first-order chi connectivity index (χ1) is 6.58. The van der Waals surface area contributed by atoms with Crippen LogP contribution >= 0.6 is 0 Å². The van der Waals surface area contributed by atoms with Crippen LogP contribution < -0.4 is 10.6 Å². The van der Waals surface area contributed by atoms with E-state index in [1.54, 1.807) is 0 Å². The number of hydrogen-bond donors (Lipinski definition) is 3. The lowest BCUT2D eigenvalue weighted by Crippen LogP contribution is -2.35. The lowest BCUT2D eigenvalue weighted by atomic mass is 10.1. The second kappa shape index (κ2) is 3.80. The first kappa shape index (κ1) is 10.4. The molecule has 1 saturated carbocycles. The first-order valence-electron chi connectivity index (χ1n) is 5.70. The van der Waals surface area contributed by atoms with Crippen LogP contribution in [0.25, 0.3) is 0 Å². The average molecular weight is 198 g/mol. The second-order valence-electron chi connectivity index (χ2n) is 5.54. The van der Waals surface area contributed by atoms with E-state index in [1.807, 2.05) is 0 Å². The minimum absolute atomic E-state index is 0.126. The molecule has 0 aromatic heterocycles. The van der Waals surface area contributed by atoms with Crippen molar-refractivity contribution in [3.8, 4) is 0 Å². The van der Waals surface area contributed by atoms with E-state index in [-0.39, 0.29) is 6.10 Å². The molecule has 0 spiro atoms. The molecule has 0 radical (unpaired) electrons. The van der Waals surface area contributed by atoms with Gasteiger partial charge < -0.3 is 15.7 Å². The van der Waals surface area contributed by atoms with Gasteiger partial charge in [0.2, 0.25) is 0 Å². The van der Waals surface area contributed by atoms with Gasteiger partial charge in [0.05, 0.1) is 6.10 Å². The molecule has 14 heavy (non-hydrogen) atoms. The highest BCUT2D eigenvalue weighted by Gasteiger charge is 2.44. The highest BCUT2D eigenvalue weighted by molar-refractivity contribution is 4.96. The van der Waals surface area contributed by atoms with Gasteiger partial charge >= 0.3 is 0 Å². The van der Waals surface area contributed by atoms with Gasteiger partial charge in [0, 0.05) is 19.1 Å². The number of β-amino-alcohol motifs (C(OH)–C–C–N with tert-alkyl or cyclic N) is 1. The van der Waals surface area contributed by atoms with E-state index >= 15 is 0 Å². The summed E-state index contributed by atoms with van der Waals surface area (Å²) < 4.78 is 0. The lowest BCUT2D eigenvalue weighted by Gasteiger charge is -2.11. The molecule has 0 aromatic carbocycles. The Bertz CT molecular complexity index is 205. The van der Waals surface area contributed by atoms with Crippen molar-refractivity contribution in [2.75, 3.05) is 19.6 Å². The summed E-state index contributed by atoms with van der Waals surface area (Å²) in [6.45, 7) is 7.57. The fourth-order valence-electron chi connectivity index (χ4n) is 2.31. The predicted molar refractivity (Wildman–Crippen MR) is 57.2 cm³/mol. The van der Waals surface area contributed by atoms with Crippen LogP contribution in [-0.2, 0) is 0 Å². The molecule has 3 unspecified atom stereocenters. The molecule has 3 nitrogen and oxygen atoms in total. The molecule has 1 saturated heterocycles. The van der Waals surface area contributed by atoms with Gasteiger partial charge in [0.25, 0.3) is 0 Å². The highest BCUT2D eigenvalue weighted by Crippen LogP contribution is 2.50. The van der Waals surface area contributed by atoms with E-state index in [0.717, 1.165) is 32.0 Å². The van der Waals surface area contributed by atoms with Gasteiger partial charge in [0.1, 0.15) is 0 Å². The van der Waals surface area contributed by atoms with Gasteiger partial charge in [0.15, 0.2) is 0 Å². The molecule has 2 fully saturated rings. The number of hydrogen-bond acceptors (Lipinski definition) is 3. The maximum absolute atomic E-state index is 9.31. The standard InChI is InChI=1S/C11H22N2O/c1-11(2)4-8(11)5-12-6-9-3-10(14)7-13-9/h8-10,12-14H,3-7H2,1-2H3. The minimum atomic E-state index is -0.126. The molecule has 3 N–H and O–H groups in total. The van der Waals surface area contributed by atoms with Crippen molar-refractivity contribution in [1.29, 1.82) is 0 Å². The van der Waals surface area contributed by atoms with Gasteiger partial charge in [-0.25, -0.2) is 0 Å². The maximum atomic E-state index is 9.31. The summed E-state index contributed by atoms with van der Waals surface area (Å²) in [5, 5.41) is 16.1. The van der Waals surface area contributed by atoms with Crippen molar-refractivity contribution in [2.45, 2.75) is 38.8 Å². The number of nitrogens with one attached hydrogen (secondary N) is 2. The van der Waals surface area contributed by atoms with Gasteiger partial charge in [-0.05, 0) is 30.7 Å². The number of aliphatic hydroxyl groups is 1. The molecule has 1 aliphatic carbocycles. The number of rotatable bonds is 4. The van der Waals surface area contributed by atoms with Crippen LogP contribution in [0.2, 0.25) is 0 Å². The predicted octanol–water partition coefficient (Wildman–Crippen LogP) is 0.345. The van der Waals surface area contributed by atoms with Crippen molar-refractivity contribution in [3.63, 3.8) is 0 Å². The van der Waals surface area contributed by atoms with E-state index < -0.39 is 0 Å². The molecule has 82 valence electrons. The topological polar surface area (TPSA) is 44.3 Å². The zero-order chi connectivity index (χ0) is 10.2. The monoisotopic (exact) mass is 198 g/mol. The van der Waals surface area contributed by atoms with Crippen molar-refractivity contribution in [3.05, 3.63) is 0 Å². The molecule has 0 aromatic rings. The molecule has 1 heterocycles. The Morgan fingerprint density at radius 1 is 1.43 bits per heavy atom. The Hall–Kier alpha value is -0.120. The van der Waals surface area contributed by atoms with Gasteiger partial charge in [-0.3, -0.25) is 0 Å². The molecule has 1 aliphatic heterocycles. The summed E-state index contributed by atoms with van der Waals surface area (Å²) in [5.74, 6) is 0.869. The second-order valence-corrected chi connectivity index (χ2v) is 5.54. The Balaban J connectivity index is 1.56. The van der Waals surface area contributed by atoms with Crippen molar-refractivity contribution >= 4 is 0 Å². The fourth-order valence-corrected chi connectivity index (χ4v) is 2.31. The zero-order valence-corrected chi connectivity index (χ0v) is 9.21. The molecular weight excluding hydrogens is 176 g/mol. The molecule has 0 amide bonds. The molecule has 2 rings (SSSR count). The fraction of sp³-hybridized carbons (Fsp3) is 1.00. The van der Waals surface area contributed by atoms with Crippen LogP contribution in [0, 0.1) is 11.3 Å². The SMILES string of the molecule is CC1(C)CC1CNCC1CC(O)CN1. The summed E-state index contributed by atoms with van der Waals surface area (Å²) >= 11 is 0. The summed E-state index contributed by atoms with van der Waals surface area (Å²) in [7, 11) is 0. The summed E-state index contributed by atoms with van der Waals surface area (Å²) in [6, 6.07) is 0.479. The van der Waals surface area contributed by atoms with E-state index in [4.69, 9.17) is 0 Å².